The summed E-state index contributed by atoms with van der Waals surface area (Å²) in [5.74, 6) is 0.944. The smallest absolute Gasteiger partial charge is 0.258 e. The van der Waals surface area contributed by atoms with Crippen molar-refractivity contribution < 1.29 is 9.53 Å². The second-order valence-electron chi connectivity index (χ2n) is 5.65. The van der Waals surface area contributed by atoms with Crippen LogP contribution in [0.15, 0.2) is 60.9 Å². The van der Waals surface area contributed by atoms with Gasteiger partial charge in [-0.3, -0.25) is 4.79 Å². The molecule has 0 saturated heterocycles. The summed E-state index contributed by atoms with van der Waals surface area (Å²) in [4.78, 5) is 20.7. The number of nitrogens with one attached hydrogen (secondary N) is 2. The Morgan fingerprint density at radius 1 is 0.962 bits per heavy atom. The topological polar surface area (TPSA) is 76.1 Å². The molecule has 2 N–H and O–H groups in total. The van der Waals surface area contributed by atoms with Crippen molar-refractivity contribution in [3.05, 3.63) is 72.1 Å². The van der Waals surface area contributed by atoms with Crippen LogP contribution in [0.25, 0.3) is 0 Å². The lowest BCUT2D eigenvalue weighted by Gasteiger charge is -2.08. The van der Waals surface area contributed by atoms with Gasteiger partial charge in [0.05, 0.1) is 12.7 Å². The lowest BCUT2D eigenvalue weighted by molar-refractivity contribution is 0.102. The van der Waals surface area contributed by atoms with Gasteiger partial charge in [0.15, 0.2) is 0 Å². The summed E-state index contributed by atoms with van der Waals surface area (Å²) in [5.41, 5.74) is 3.19. The summed E-state index contributed by atoms with van der Waals surface area (Å²) in [5, 5.41) is 5.91. The minimum atomic E-state index is -0.245. The monoisotopic (exact) mass is 348 g/mol. The first kappa shape index (κ1) is 17.4. The van der Waals surface area contributed by atoms with Crippen molar-refractivity contribution in [3.63, 3.8) is 0 Å². The normalized spacial score (nSPS) is 10.2. The molecule has 1 amide bonds. The van der Waals surface area contributed by atoms with Crippen LogP contribution in [-0.2, 0) is 6.42 Å². The highest BCUT2D eigenvalue weighted by Gasteiger charge is 2.08. The zero-order valence-electron chi connectivity index (χ0n) is 14.7. The van der Waals surface area contributed by atoms with Gasteiger partial charge in [-0.1, -0.05) is 19.1 Å². The van der Waals surface area contributed by atoms with Crippen LogP contribution in [-0.4, -0.2) is 23.0 Å². The fourth-order valence-corrected chi connectivity index (χ4v) is 2.34. The van der Waals surface area contributed by atoms with E-state index in [1.54, 1.807) is 7.11 Å². The van der Waals surface area contributed by atoms with E-state index in [0.717, 1.165) is 23.5 Å². The Kier molecular flexibility index (Phi) is 5.43. The minimum absolute atomic E-state index is 0.245. The number of ether oxygens (including phenoxy) is 1. The van der Waals surface area contributed by atoms with Crippen molar-refractivity contribution in [1.82, 2.24) is 9.97 Å². The summed E-state index contributed by atoms with van der Waals surface area (Å²) >= 11 is 0. The molecule has 132 valence electrons. The van der Waals surface area contributed by atoms with Gasteiger partial charge >= 0.3 is 0 Å². The summed E-state index contributed by atoms with van der Waals surface area (Å²) in [6, 6.07) is 15.2. The van der Waals surface area contributed by atoms with Crippen LogP contribution >= 0.6 is 0 Å². The first-order valence-corrected chi connectivity index (χ1v) is 8.31. The van der Waals surface area contributed by atoms with Crippen LogP contribution in [0.4, 0.5) is 17.3 Å². The zero-order chi connectivity index (χ0) is 18.4. The second-order valence-corrected chi connectivity index (χ2v) is 5.65. The van der Waals surface area contributed by atoms with E-state index in [0.29, 0.717) is 11.5 Å². The molecule has 0 fully saturated rings. The van der Waals surface area contributed by atoms with Crippen LogP contribution < -0.4 is 15.4 Å². The van der Waals surface area contributed by atoms with E-state index in [4.69, 9.17) is 4.74 Å². The van der Waals surface area contributed by atoms with Crippen LogP contribution in [0.5, 0.6) is 5.75 Å². The molecule has 0 saturated carbocycles. The van der Waals surface area contributed by atoms with Gasteiger partial charge in [0.25, 0.3) is 5.91 Å². The maximum atomic E-state index is 12.3. The fraction of sp³-hybridized carbons (Fsp3) is 0.150. The number of aromatic nitrogens is 2. The number of hydrogen-bond donors (Lipinski definition) is 2. The predicted molar refractivity (Wildman–Crippen MR) is 102 cm³/mol. The highest BCUT2D eigenvalue weighted by atomic mass is 16.5. The zero-order valence-corrected chi connectivity index (χ0v) is 14.7. The lowest BCUT2D eigenvalue weighted by Crippen LogP contribution is -2.13. The molecule has 0 spiro atoms. The van der Waals surface area contributed by atoms with Crippen molar-refractivity contribution in [3.8, 4) is 5.75 Å². The van der Waals surface area contributed by atoms with Crippen LogP contribution in [0, 0.1) is 0 Å². The number of aryl methyl sites for hydroxylation is 1. The average Bonchev–Trinajstić information content (AvgIpc) is 2.69. The molecule has 0 bridgehead atoms. The number of anilines is 3. The van der Waals surface area contributed by atoms with E-state index in [-0.39, 0.29) is 5.91 Å². The first-order chi connectivity index (χ1) is 12.7. The molecule has 1 heterocycles. The molecule has 0 aliphatic rings. The van der Waals surface area contributed by atoms with Gasteiger partial charge in [-0.05, 0) is 48.4 Å². The molecular weight excluding hydrogens is 328 g/mol. The van der Waals surface area contributed by atoms with Crippen LogP contribution in [0.2, 0.25) is 0 Å². The number of rotatable bonds is 6. The van der Waals surface area contributed by atoms with Gasteiger partial charge in [0.1, 0.15) is 5.75 Å². The first-order valence-electron chi connectivity index (χ1n) is 8.31. The van der Waals surface area contributed by atoms with E-state index < -0.39 is 0 Å². The number of nitrogens with zero attached hydrogens (tertiary/aromatic N) is 2. The molecule has 2 aromatic carbocycles. The Morgan fingerprint density at radius 2 is 1.58 bits per heavy atom. The van der Waals surface area contributed by atoms with E-state index in [2.05, 4.69) is 27.5 Å². The van der Waals surface area contributed by atoms with E-state index in [9.17, 15) is 4.79 Å². The molecule has 1 aromatic heterocycles. The highest BCUT2D eigenvalue weighted by Crippen LogP contribution is 2.18. The summed E-state index contributed by atoms with van der Waals surface area (Å²) < 4.78 is 5.12. The van der Waals surface area contributed by atoms with E-state index in [1.165, 1.54) is 18.0 Å². The largest absolute Gasteiger partial charge is 0.497 e. The Bertz CT molecular complexity index is 860. The number of methoxy groups -OCH3 is 1. The summed E-state index contributed by atoms with van der Waals surface area (Å²) in [6.07, 6.45) is 3.95. The van der Waals surface area contributed by atoms with E-state index in [1.807, 2.05) is 48.5 Å². The molecule has 3 aromatic rings. The maximum Gasteiger partial charge on any atom is 0.258 e. The third kappa shape index (κ3) is 4.36. The van der Waals surface area contributed by atoms with Crippen molar-refractivity contribution in [2.24, 2.45) is 0 Å². The maximum absolute atomic E-state index is 12.3. The van der Waals surface area contributed by atoms with Crippen molar-refractivity contribution >= 4 is 23.2 Å². The van der Waals surface area contributed by atoms with E-state index >= 15 is 0 Å². The van der Waals surface area contributed by atoms with Gasteiger partial charge in [-0.25, -0.2) is 9.97 Å². The van der Waals surface area contributed by atoms with Crippen molar-refractivity contribution in [2.45, 2.75) is 13.3 Å². The van der Waals surface area contributed by atoms with Crippen molar-refractivity contribution in [2.75, 3.05) is 17.7 Å². The molecule has 6 heteroatoms. The molecule has 0 radical (unpaired) electrons. The Hall–Kier alpha value is -3.41. The standard InChI is InChI=1S/C20H20N4O2/c1-3-14-4-6-16(7-5-14)23-19(25)15-12-21-20(22-13-15)24-17-8-10-18(26-2)11-9-17/h4-13H,3H2,1-2H3,(H,23,25)(H,21,22,24). The molecule has 3 rings (SSSR count). The third-order valence-corrected chi connectivity index (χ3v) is 3.88. The molecular formula is C20H20N4O2. The third-order valence-electron chi connectivity index (χ3n) is 3.88. The Balaban J connectivity index is 1.63. The van der Waals surface area contributed by atoms with Crippen LogP contribution in [0.1, 0.15) is 22.8 Å². The molecule has 0 atom stereocenters. The number of benzene rings is 2. The van der Waals surface area contributed by atoms with Gasteiger partial charge in [-0.15, -0.1) is 0 Å². The fourth-order valence-electron chi connectivity index (χ4n) is 2.34. The number of carbonyl (C=O) groups is 1. The van der Waals surface area contributed by atoms with Gasteiger partial charge in [-0.2, -0.15) is 0 Å². The molecule has 26 heavy (non-hydrogen) atoms. The Morgan fingerprint density at radius 3 is 2.15 bits per heavy atom. The number of hydrogen-bond acceptors (Lipinski definition) is 5. The molecule has 0 unspecified atom stereocenters. The van der Waals surface area contributed by atoms with Gasteiger partial charge in [0.2, 0.25) is 5.95 Å². The lowest BCUT2D eigenvalue weighted by atomic mass is 10.1. The van der Waals surface area contributed by atoms with Crippen molar-refractivity contribution in [1.29, 1.82) is 0 Å². The van der Waals surface area contributed by atoms with Crippen LogP contribution in [0.3, 0.4) is 0 Å². The minimum Gasteiger partial charge on any atom is -0.497 e. The molecule has 6 nitrogen and oxygen atoms in total. The SMILES string of the molecule is CCc1ccc(NC(=O)c2cnc(Nc3ccc(OC)cc3)nc2)cc1. The summed E-state index contributed by atoms with van der Waals surface area (Å²) in [7, 11) is 1.62. The Labute approximate surface area is 152 Å². The van der Waals surface area contributed by atoms with Gasteiger partial charge in [0, 0.05) is 23.8 Å². The average molecular weight is 348 g/mol. The quantitative estimate of drug-likeness (QED) is 0.703. The second kappa shape index (κ2) is 8.11. The number of amides is 1. The highest BCUT2D eigenvalue weighted by molar-refractivity contribution is 6.03. The molecule has 0 aliphatic carbocycles. The molecule has 0 aliphatic heterocycles. The summed E-state index contributed by atoms with van der Waals surface area (Å²) in [6.45, 7) is 2.09. The van der Waals surface area contributed by atoms with Gasteiger partial charge < -0.3 is 15.4 Å². The number of carbonyl (C=O) groups excluding carboxylic acids is 1. The predicted octanol–water partition coefficient (Wildman–Crippen LogP) is 4.04.